The highest BCUT2D eigenvalue weighted by molar-refractivity contribution is 6.31. The van der Waals surface area contributed by atoms with Crippen molar-refractivity contribution in [3.63, 3.8) is 0 Å². The molecule has 0 N–H and O–H groups in total. The Labute approximate surface area is 117 Å². The highest BCUT2D eigenvalue weighted by Gasteiger charge is 2.09. The topological polar surface area (TPSA) is 30.7 Å². The fourth-order valence-electron chi connectivity index (χ4n) is 2.10. The van der Waals surface area contributed by atoms with E-state index < -0.39 is 0 Å². The highest BCUT2D eigenvalue weighted by atomic mass is 19.1. The minimum Gasteiger partial charge on any atom is -0.274 e. The Morgan fingerprint density at radius 2 is 1.85 bits per heavy atom. The van der Waals surface area contributed by atoms with Crippen LogP contribution < -0.4 is 5.59 Å². The molecule has 98 valence electrons. The van der Waals surface area contributed by atoms with Crippen molar-refractivity contribution >= 4 is 13.4 Å². The summed E-state index contributed by atoms with van der Waals surface area (Å²) >= 11 is 0. The molecule has 2 heterocycles. The summed E-state index contributed by atoms with van der Waals surface area (Å²) in [5, 5.41) is 4.50. The van der Waals surface area contributed by atoms with Gasteiger partial charge in [0.15, 0.2) is 7.85 Å². The molecule has 0 fully saturated rings. The Hall–Kier alpha value is -2.43. The fraction of sp³-hybridized carbons (Fsp3) is 0.0667. The fourth-order valence-corrected chi connectivity index (χ4v) is 2.10. The van der Waals surface area contributed by atoms with Crippen molar-refractivity contribution < 1.29 is 4.39 Å². The second-order valence-electron chi connectivity index (χ2n) is 4.63. The zero-order chi connectivity index (χ0) is 13.9. The molecule has 20 heavy (non-hydrogen) atoms. The molecule has 3 aromatic rings. The molecular formula is C15H13BFN3. The van der Waals surface area contributed by atoms with Crippen LogP contribution in [-0.2, 0) is 6.54 Å². The maximum Gasteiger partial charge on any atom is 0.163 e. The van der Waals surface area contributed by atoms with Gasteiger partial charge in [0.2, 0.25) is 0 Å². The lowest BCUT2D eigenvalue weighted by atomic mass is 10.0. The van der Waals surface area contributed by atoms with Crippen LogP contribution in [0.3, 0.4) is 0 Å². The predicted molar refractivity (Wildman–Crippen MR) is 79.1 cm³/mol. The van der Waals surface area contributed by atoms with Crippen molar-refractivity contribution in [1.82, 2.24) is 14.8 Å². The van der Waals surface area contributed by atoms with Crippen molar-refractivity contribution in [2.75, 3.05) is 0 Å². The van der Waals surface area contributed by atoms with Gasteiger partial charge in [-0.2, -0.15) is 5.10 Å². The van der Waals surface area contributed by atoms with E-state index in [1.165, 1.54) is 6.07 Å². The molecule has 0 saturated heterocycles. The summed E-state index contributed by atoms with van der Waals surface area (Å²) in [4.78, 5) is 4.28. The predicted octanol–water partition coefficient (Wildman–Crippen LogP) is 1.39. The molecule has 0 aliphatic rings. The van der Waals surface area contributed by atoms with Crippen LogP contribution in [0.4, 0.5) is 4.39 Å². The van der Waals surface area contributed by atoms with Crippen molar-refractivity contribution in [2.24, 2.45) is 0 Å². The van der Waals surface area contributed by atoms with Crippen LogP contribution in [-0.4, -0.2) is 22.6 Å². The average molecular weight is 265 g/mol. The smallest absolute Gasteiger partial charge is 0.163 e. The van der Waals surface area contributed by atoms with Gasteiger partial charge >= 0.3 is 0 Å². The maximum atomic E-state index is 13.7. The third-order valence-corrected chi connectivity index (χ3v) is 3.19. The van der Waals surface area contributed by atoms with Crippen LogP contribution in [0.25, 0.3) is 11.4 Å². The Morgan fingerprint density at radius 3 is 2.60 bits per heavy atom. The lowest BCUT2D eigenvalue weighted by Gasteiger charge is -2.05. The van der Waals surface area contributed by atoms with Crippen molar-refractivity contribution in [3.05, 3.63) is 66.1 Å². The minimum atomic E-state index is -0.207. The summed E-state index contributed by atoms with van der Waals surface area (Å²) in [6.07, 6.45) is 1.74. The third-order valence-electron chi connectivity index (χ3n) is 3.19. The lowest BCUT2D eigenvalue weighted by molar-refractivity contribution is 0.589. The normalized spacial score (nSPS) is 10.7. The van der Waals surface area contributed by atoms with Crippen molar-refractivity contribution in [3.8, 4) is 11.4 Å². The van der Waals surface area contributed by atoms with E-state index in [1.807, 2.05) is 38.2 Å². The van der Waals surface area contributed by atoms with E-state index >= 15 is 0 Å². The highest BCUT2D eigenvalue weighted by Crippen LogP contribution is 2.13. The zero-order valence-electron chi connectivity index (χ0n) is 11.1. The standard InChI is InChI=1S/C15H13BFN3/c16-15-9-14(13-7-3-4-8-18-13)19-20(15)10-11-5-1-2-6-12(11)17/h1-9H,10,16H2. The van der Waals surface area contributed by atoms with E-state index in [2.05, 4.69) is 10.1 Å². The molecule has 0 amide bonds. The molecule has 0 unspecified atom stereocenters. The number of rotatable bonds is 3. The van der Waals surface area contributed by atoms with Gasteiger partial charge < -0.3 is 0 Å². The second kappa shape index (κ2) is 5.29. The van der Waals surface area contributed by atoms with Gasteiger partial charge in [0.1, 0.15) is 11.5 Å². The molecule has 0 aliphatic heterocycles. The van der Waals surface area contributed by atoms with E-state index in [0.29, 0.717) is 12.1 Å². The summed E-state index contributed by atoms with van der Waals surface area (Å²) < 4.78 is 15.5. The zero-order valence-corrected chi connectivity index (χ0v) is 11.1. The first kappa shape index (κ1) is 12.6. The third kappa shape index (κ3) is 2.47. The van der Waals surface area contributed by atoms with Crippen LogP contribution in [0.15, 0.2) is 54.7 Å². The number of nitrogens with zero attached hydrogens (tertiary/aromatic N) is 3. The largest absolute Gasteiger partial charge is 0.274 e. The van der Waals surface area contributed by atoms with Crippen molar-refractivity contribution in [2.45, 2.75) is 6.54 Å². The van der Waals surface area contributed by atoms with Gasteiger partial charge in [-0.05, 0) is 29.9 Å². The number of hydrogen-bond donors (Lipinski definition) is 0. The molecule has 1 aromatic carbocycles. The minimum absolute atomic E-state index is 0.207. The number of hydrogen-bond acceptors (Lipinski definition) is 2. The Bertz CT molecular complexity index is 725. The van der Waals surface area contributed by atoms with Gasteiger partial charge in [0.05, 0.1) is 12.2 Å². The Kier molecular flexibility index (Phi) is 3.33. The van der Waals surface area contributed by atoms with Gasteiger partial charge in [-0.15, -0.1) is 0 Å². The quantitative estimate of drug-likeness (QED) is 0.670. The van der Waals surface area contributed by atoms with Crippen LogP contribution in [0.5, 0.6) is 0 Å². The number of halogens is 1. The molecule has 2 aromatic heterocycles. The molecule has 0 aliphatic carbocycles. The molecule has 0 saturated carbocycles. The molecule has 0 radical (unpaired) electrons. The molecule has 3 nitrogen and oxygen atoms in total. The second-order valence-corrected chi connectivity index (χ2v) is 4.63. The molecule has 0 atom stereocenters. The SMILES string of the molecule is Bc1cc(-c2ccccn2)nn1Cc1ccccc1F. The van der Waals surface area contributed by atoms with Crippen molar-refractivity contribution in [1.29, 1.82) is 0 Å². The molecular weight excluding hydrogens is 252 g/mol. The molecule has 0 spiro atoms. The van der Waals surface area contributed by atoms with Crippen LogP contribution >= 0.6 is 0 Å². The van der Waals surface area contributed by atoms with E-state index in [-0.39, 0.29) is 5.82 Å². The number of aromatic nitrogens is 3. The summed E-state index contributed by atoms with van der Waals surface area (Å²) in [5.41, 5.74) is 3.24. The van der Waals surface area contributed by atoms with E-state index in [0.717, 1.165) is 17.0 Å². The summed E-state index contributed by atoms with van der Waals surface area (Å²) in [7, 11) is 1.96. The monoisotopic (exact) mass is 265 g/mol. The molecule has 3 rings (SSSR count). The lowest BCUT2D eigenvalue weighted by Crippen LogP contribution is -2.19. The van der Waals surface area contributed by atoms with E-state index in [4.69, 9.17) is 0 Å². The van der Waals surface area contributed by atoms with Crippen LogP contribution in [0.2, 0.25) is 0 Å². The summed E-state index contributed by atoms with van der Waals surface area (Å²) in [6, 6.07) is 14.4. The Balaban J connectivity index is 1.92. The van der Waals surface area contributed by atoms with Gasteiger partial charge in [0.25, 0.3) is 0 Å². The van der Waals surface area contributed by atoms with Gasteiger partial charge in [-0.3, -0.25) is 9.67 Å². The van der Waals surface area contributed by atoms with Crippen LogP contribution in [0.1, 0.15) is 5.56 Å². The van der Waals surface area contributed by atoms with Gasteiger partial charge in [0, 0.05) is 11.8 Å². The first-order valence-electron chi connectivity index (χ1n) is 6.43. The molecule has 0 bridgehead atoms. The van der Waals surface area contributed by atoms with E-state index in [9.17, 15) is 4.39 Å². The first-order valence-corrected chi connectivity index (χ1v) is 6.43. The Morgan fingerprint density at radius 1 is 1.05 bits per heavy atom. The first-order chi connectivity index (χ1) is 9.74. The van der Waals surface area contributed by atoms with Gasteiger partial charge in [-0.1, -0.05) is 24.3 Å². The average Bonchev–Trinajstić information content (AvgIpc) is 2.84. The maximum absolute atomic E-state index is 13.7. The van der Waals surface area contributed by atoms with Gasteiger partial charge in [-0.25, -0.2) is 4.39 Å². The number of benzene rings is 1. The number of pyridine rings is 1. The van der Waals surface area contributed by atoms with E-state index in [1.54, 1.807) is 23.0 Å². The van der Waals surface area contributed by atoms with Crippen LogP contribution in [0, 0.1) is 5.82 Å². The summed E-state index contributed by atoms with van der Waals surface area (Å²) in [5.74, 6) is -0.207. The summed E-state index contributed by atoms with van der Waals surface area (Å²) in [6.45, 7) is 0.422. The molecule has 5 heteroatoms.